The molecule has 2 N–H and O–H groups in total. The molecule has 0 bridgehead atoms. The molecular formula is C26H30F2N6O3S. The minimum Gasteiger partial charge on any atom is -0.368 e. The van der Waals surface area contributed by atoms with Crippen molar-refractivity contribution in [2.24, 2.45) is 0 Å². The number of pyridine rings is 1. The Balaban J connectivity index is 1.41. The first-order valence-corrected chi connectivity index (χ1v) is 14.0. The summed E-state index contributed by atoms with van der Waals surface area (Å²) in [5.41, 5.74) is 0.892. The molecule has 1 saturated heterocycles. The average molecular weight is 545 g/mol. The Labute approximate surface area is 220 Å². The van der Waals surface area contributed by atoms with Gasteiger partial charge in [0.1, 0.15) is 11.6 Å². The lowest BCUT2D eigenvalue weighted by molar-refractivity contribution is 0.0896. The Morgan fingerprint density at radius 3 is 2.58 bits per heavy atom. The number of carbonyl (C=O) groups is 1. The van der Waals surface area contributed by atoms with Crippen LogP contribution in [0.4, 0.5) is 14.6 Å². The molecule has 2 atom stereocenters. The van der Waals surface area contributed by atoms with Crippen molar-refractivity contribution >= 4 is 21.7 Å². The van der Waals surface area contributed by atoms with Crippen LogP contribution < -0.4 is 10.6 Å². The van der Waals surface area contributed by atoms with Gasteiger partial charge in [0.2, 0.25) is 10.0 Å². The third-order valence-corrected chi connectivity index (χ3v) is 7.70. The number of halogens is 2. The fourth-order valence-electron chi connectivity index (χ4n) is 4.46. The van der Waals surface area contributed by atoms with E-state index in [1.165, 1.54) is 29.6 Å². The first-order chi connectivity index (χ1) is 17.9. The van der Waals surface area contributed by atoms with E-state index in [0.29, 0.717) is 22.6 Å². The van der Waals surface area contributed by atoms with Gasteiger partial charge in [0.15, 0.2) is 0 Å². The van der Waals surface area contributed by atoms with Crippen LogP contribution in [0.1, 0.15) is 36.3 Å². The second-order valence-electron chi connectivity index (χ2n) is 9.87. The van der Waals surface area contributed by atoms with Crippen LogP contribution in [0.3, 0.4) is 0 Å². The minimum atomic E-state index is -3.25. The van der Waals surface area contributed by atoms with E-state index in [9.17, 15) is 22.0 Å². The first-order valence-electron chi connectivity index (χ1n) is 12.1. The van der Waals surface area contributed by atoms with Crippen molar-refractivity contribution in [1.29, 1.82) is 0 Å². The Hall–Kier alpha value is -3.51. The zero-order valence-corrected chi connectivity index (χ0v) is 22.2. The Morgan fingerprint density at radius 2 is 1.95 bits per heavy atom. The molecule has 9 nitrogen and oxygen atoms in total. The van der Waals surface area contributed by atoms with E-state index in [1.807, 2.05) is 0 Å². The zero-order chi connectivity index (χ0) is 27.5. The molecule has 1 aliphatic heterocycles. The van der Waals surface area contributed by atoms with E-state index in [2.05, 4.69) is 25.8 Å². The molecule has 1 amide bonds. The highest BCUT2D eigenvalue weighted by Gasteiger charge is 2.34. The molecule has 0 radical (unpaired) electrons. The number of hydrogen-bond acceptors (Lipinski definition) is 7. The van der Waals surface area contributed by atoms with Gasteiger partial charge < -0.3 is 10.6 Å². The van der Waals surface area contributed by atoms with Gasteiger partial charge in [-0.05, 0) is 49.7 Å². The number of nitrogens with zero attached hydrogens (tertiary/aromatic N) is 4. The predicted molar refractivity (Wildman–Crippen MR) is 140 cm³/mol. The second-order valence-corrected chi connectivity index (χ2v) is 11.9. The molecule has 0 aliphatic carbocycles. The minimum absolute atomic E-state index is 0.0709. The third kappa shape index (κ3) is 6.48. The van der Waals surface area contributed by atoms with Gasteiger partial charge in [-0.15, -0.1) is 10.2 Å². The molecule has 1 fully saturated rings. The van der Waals surface area contributed by atoms with Crippen molar-refractivity contribution < 1.29 is 22.0 Å². The van der Waals surface area contributed by atoms with Gasteiger partial charge in [-0.2, -0.15) is 4.31 Å². The summed E-state index contributed by atoms with van der Waals surface area (Å²) in [6, 6.07) is 12.9. The second kappa shape index (κ2) is 11.1. The van der Waals surface area contributed by atoms with Crippen LogP contribution in [0.2, 0.25) is 0 Å². The number of sulfonamides is 1. The molecule has 1 aromatic carbocycles. The number of carbonyl (C=O) groups excluding carboxylic acids is 1. The SMILES string of the molecule is C[C@H](F)C[C@@](C)(CNc1ccc(-c2cccc(C(=O)NC3CN(S(C)(=O)=O)C3)c2)nn1)c1ncccc1F. The van der Waals surface area contributed by atoms with E-state index >= 15 is 0 Å². The molecule has 12 heteroatoms. The summed E-state index contributed by atoms with van der Waals surface area (Å²) in [5, 5.41) is 14.4. The number of benzene rings is 1. The summed E-state index contributed by atoms with van der Waals surface area (Å²) >= 11 is 0. The number of hydrogen-bond donors (Lipinski definition) is 2. The Kier molecular flexibility index (Phi) is 8.02. The fraction of sp³-hybridized carbons (Fsp3) is 0.385. The van der Waals surface area contributed by atoms with Crippen molar-refractivity contribution in [2.75, 3.05) is 31.2 Å². The van der Waals surface area contributed by atoms with Crippen molar-refractivity contribution in [3.63, 3.8) is 0 Å². The highest BCUT2D eigenvalue weighted by atomic mass is 32.2. The number of alkyl halides is 1. The molecule has 2 aromatic heterocycles. The van der Waals surface area contributed by atoms with E-state index < -0.39 is 27.4 Å². The van der Waals surface area contributed by atoms with Gasteiger partial charge in [-0.3, -0.25) is 9.78 Å². The van der Waals surface area contributed by atoms with Gasteiger partial charge in [-0.1, -0.05) is 19.1 Å². The van der Waals surface area contributed by atoms with Crippen LogP contribution in [0.25, 0.3) is 11.3 Å². The summed E-state index contributed by atoms with van der Waals surface area (Å²) in [4.78, 5) is 16.8. The maximum absolute atomic E-state index is 14.5. The summed E-state index contributed by atoms with van der Waals surface area (Å²) in [6.45, 7) is 3.87. The summed E-state index contributed by atoms with van der Waals surface area (Å²) < 4.78 is 52.7. The van der Waals surface area contributed by atoms with E-state index in [4.69, 9.17) is 0 Å². The highest BCUT2D eigenvalue weighted by Crippen LogP contribution is 2.31. The van der Waals surface area contributed by atoms with Gasteiger partial charge in [-0.25, -0.2) is 17.2 Å². The van der Waals surface area contributed by atoms with Crippen molar-refractivity contribution in [1.82, 2.24) is 24.8 Å². The molecule has 1 aliphatic rings. The summed E-state index contributed by atoms with van der Waals surface area (Å²) in [5.74, 6) is -0.371. The number of rotatable bonds is 10. The molecule has 38 heavy (non-hydrogen) atoms. The lowest BCUT2D eigenvalue weighted by Gasteiger charge is -2.37. The maximum Gasteiger partial charge on any atom is 0.251 e. The quantitative estimate of drug-likeness (QED) is 0.403. The number of aromatic nitrogens is 3. The van der Waals surface area contributed by atoms with Crippen LogP contribution in [0.15, 0.2) is 54.7 Å². The fourth-order valence-corrected chi connectivity index (χ4v) is 5.36. The maximum atomic E-state index is 14.5. The van der Waals surface area contributed by atoms with Crippen LogP contribution in [-0.2, 0) is 15.4 Å². The Bertz CT molecular complexity index is 1400. The van der Waals surface area contributed by atoms with Crippen LogP contribution in [-0.4, -0.2) is 71.9 Å². The zero-order valence-electron chi connectivity index (χ0n) is 21.4. The molecular weight excluding hydrogens is 514 g/mol. The predicted octanol–water partition coefficient (Wildman–Crippen LogP) is 3.17. The molecule has 4 rings (SSSR count). The van der Waals surface area contributed by atoms with Gasteiger partial charge >= 0.3 is 0 Å². The third-order valence-electron chi connectivity index (χ3n) is 6.46. The van der Waals surface area contributed by atoms with Gasteiger partial charge in [0.25, 0.3) is 5.91 Å². The molecule has 0 saturated carbocycles. The van der Waals surface area contributed by atoms with Crippen molar-refractivity contribution in [3.05, 3.63) is 71.8 Å². The molecule has 0 spiro atoms. The van der Waals surface area contributed by atoms with Crippen molar-refractivity contribution in [2.45, 2.75) is 37.9 Å². The van der Waals surface area contributed by atoms with Crippen LogP contribution in [0, 0.1) is 5.82 Å². The molecule has 202 valence electrons. The Morgan fingerprint density at radius 1 is 1.18 bits per heavy atom. The monoisotopic (exact) mass is 544 g/mol. The van der Waals surface area contributed by atoms with Gasteiger partial charge in [0, 0.05) is 42.4 Å². The van der Waals surface area contributed by atoms with Crippen molar-refractivity contribution in [3.8, 4) is 11.3 Å². The van der Waals surface area contributed by atoms with Crippen LogP contribution in [0.5, 0.6) is 0 Å². The topological polar surface area (TPSA) is 117 Å². The molecule has 0 unspecified atom stereocenters. The first kappa shape index (κ1) is 27.5. The molecule has 3 heterocycles. The normalized spacial score (nSPS) is 16.8. The highest BCUT2D eigenvalue weighted by molar-refractivity contribution is 7.88. The smallest absolute Gasteiger partial charge is 0.251 e. The van der Waals surface area contributed by atoms with Gasteiger partial charge in [0.05, 0.1) is 29.9 Å². The largest absolute Gasteiger partial charge is 0.368 e. The van der Waals surface area contributed by atoms with E-state index in [1.54, 1.807) is 43.3 Å². The number of nitrogens with one attached hydrogen (secondary N) is 2. The lowest BCUT2D eigenvalue weighted by atomic mass is 9.81. The van der Waals surface area contributed by atoms with Crippen LogP contribution >= 0.6 is 0 Å². The standard InChI is InChI=1S/C26H30F2N6O3S/c1-17(27)13-26(2,24-21(28)8-5-11-29-24)16-30-23-10-9-22(32-33-23)18-6-4-7-19(12-18)25(35)31-20-14-34(15-20)38(3,36)37/h4-12,17,20H,13-16H2,1-3H3,(H,30,33)(H,31,35)/t17-,26-/m0/s1. The summed E-state index contributed by atoms with van der Waals surface area (Å²) in [7, 11) is -3.25. The lowest BCUT2D eigenvalue weighted by Crippen LogP contribution is -2.60. The number of anilines is 1. The number of amides is 1. The van der Waals surface area contributed by atoms with E-state index in [0.717, 1.165) is 6.26 Å². The molecule has 3 aromatic rings. The van der Waals surface area contributed by atoms with E-state index in [-0.39, 0.29) is 43.7 Å². The average Bonchev–Trinajstić information content (AvgIpc) is 2.84. The summed E-state index contributed by atoms with van der Waals surface area (Å²) in [6.07, 6.45) is 1.53.